The van der Waals surface area contributed by atoms with Crippen molar-refractivity contribution in [2.75, 3.05) is 13.1 Å². The summed E-state index contributed by atoms with van der Waals surface area (Å²) in [5.41, 5.74) is 6.94. The van der Waals surface area contributed by atoms with Crippen LogP contribution in [0.15, 0.2) is 30.3 Å². The van der Waals surface area contributed by atoms with Gasteiger partial charge in [0, 0.05) is 13.1 Å². The summed E-state index contributed by atoms with van der Waals surface area (Å²) in [6.07, 6.45) is 3.83. The number of carbonyl (C=O) groups excluding carboxylic acids is 1. The first-order chi connectivity index (χ1) is 10.5. The topological polar surface area (TPSA) is 46.3 Å². The number of nitrogens with zero attached hydrogens (tertiary/aromatic N) is 1. The fourth-order valence-electron chi connectivity index (χ4n) is 3.76. The average molecular weight is 302 g/mol. The number of rotatable bonds is 5. The number of benzene rings is 1. The molecular weight excluding hydrogens is 272 g/mol. The van der Waals surface area contributed by atoms with Crippen LogP contribution in [-0.4, -0.2) is 29.4 Å². The molecule has 122 valence electrons. The molecule has 1 aliphatic heterocycles. The molecule has 0 radical (unpaired) electrons. The number of likely N-dealkylation sites (tertiary alicyclic amines) is 1. The first-order valence-electron chi connectivity index (χ1n) is 8.62. The maximum atomic E-state index is 12.7. The standard InChI is InChI=1S/C19H30N2O/c1-4-12-19(3,20)18(22)21-13-11-17(15(5-2)14-21)16-9-7-6-8-10-16/h6-10,15,17H,4-5,11-14,20H2,1-3H3. The Balaban J connectivity index is 2.08. The third-order valence-electron chi connectivity index (χ3n) is 5.03. The number of piperidine rings is 1. The summed E-state index contributed by atoms with van der Waals surface area (Å²) in [4.78, 5) is 14.7. The minimum Gasteiger partial charge on any atom is -0.341 e. The average Bonchev–Trinajstić information content (AvgIpc) is 2.54. The highest BCUT2D eigenvalue weighted by Gasteiger charge is 2.37. The van der Waals surface area contributed by atoms with E-state index in [9.17, 15) is 4.79 Å². The molecule has 1 aliphatic rings. The zero-order valence-electron chi connectivity index (χ0n) is 14.2. The molecule has 1 amide bonds. The van der Waals surface area contributed by atoms with Crippen LogP contribution in [0.2, 0.25) is 0 Å². The molecule has 22 heavy (non-hydrogen) atoms. The summed E-state index contributed by atoms with van der Waals surface area (Å²) < 4.78 is 0. The molecule has 3 atom stereocenters. The molecule has 1 saturated heterocycles. The van der Waals surface area contributed by atoms with Crippen molar-refractivity contribution < 1.29 is 4.79 Å². The zero-order chi connectivity index (χ0) is 16.2. The van der Waals surface area contributed by atoms with Crippen molar-refractivity contribution in [2.24, 2.45) is 11.7 Å². The molecule has 3 heteroatoms. The lowest BCUT2D eigenvalue weighted by molar-refractivity contribution is -0.138. The second kappa shape index (κ2) is 7.28. The van der Waals surface area contributed by atoms with E-state index in [-0.39, 0.29) is 5.91 Å². The maximum Gasteiger partial charge on any atom is 0.242 e. The number of hydrogen-bond donors (Lipinski definition) is 1. The highest BCUT2D eigenvalue weighted by molar-refractivity contribution is 5.85. The summed E-state index contributed by atoms with van der Waals surface area (Å²) in [6.45, 7) is 7.84. The highest BCUT2D eigenvalue weighted by atomic mass is 16.2. The Labute approximate surface area is 134 Å². The maximum absolute atomic E-state index is 12.7. The number of carbonyl (C=O) groups is 1. The van der Waals surface area contributed by atoms with Crippen molar-refractivity contribution in [2.45, 2.75) is 57.9 Å². The fourth-order valence-corrected chi connectivity index (χ4v) is 3.76. The molecule has 3 unspecified atom stereocenters. The number of amides is 1. The quantitative estimate of drug-likeness (QED) is 0.904. The molecule has 0 aromatic heterocycles. The van der Waals surface area contributed by atoms with Crippen LogP contribution in [0.4, 0.5) is 0 Å². The van der Waals surface area contributed by atoms with Crippen molar-refractivity contribution in [1.82, 2.24) is 4.90 Å². The van der Waals surface area contributed by atoms with E-state index in [2.05, 4.69) is 44.2 Å². The van der Waals surface area contributed by atoms with E-state index >= 15 is 0 Å². The van der Waals surface area contributed by atoms with Gasteiger partial charge in [-0.1, -0.05) is 57.0 Å². The molecule has 1 fully saturated rings. The second-order valence-corrected chi connectivity index (χ2v) is 6.89. The predicted molar refractivity (Wildman–Crippen MR) is 91.7 cm³/mol. The lowest BCUT2D eigenvalue weighted by Gasteiger charge is -2.41. The van der Waals surface area contributed by atoms with E-state index in [4.69, 9.17) is 5.73 Å². The minimum atomic E-state index is -0.716. The van der Waals surface area contributed by atoms with E-state index in [1.807, 2.05) is 11.8 Å². The Morgan fingerprint density at radius 3 is 2.59 bits per heavy atom. The van der Waals surface area contributed by atoms with Crippen molar-refractivity contribution >= 4 is 5.91 Å². The van der Waals surface area contributed by atoms with E-state index in [0.717, 1.165) is 38.8 Å². The number of nitrogens with two attached hydrogens (primary N) is 1. The predicted octanol–water partition coefficient (Wildman–Crippen LogP) is 3.55. The van der Waals surface area contributed by atoms with Gasteiger partial charge in [0.05, 0.1) is 5.54 Å². The highest BCUT2D eigenvalue weighted by Crippen LogP contribution is 2.35. The van der Waals surface area contributed by atoms with Crippen molar-refractivity contribution in [3.05, 3.63) is 35.9 Å². The van der Waals surface area contributed by atoms with Crippen LogP contribution < -0.4 is 5.73 Å². The molecule has 2 N–H and O–H groups in total. The minimum absolute atomic E-state index is 0.124. The van der Waals surface area contributed by atoms with Gasteiger partial charge < -0.3 is 10.6 Å². The smallest absolute Gasteiger partial charge is 0.242 e. The summed E-state index contributed by atoms with van der Waals surface area (Å²) in [5.74, 6) is 1.21. The van der Waals surface area contributed by atoms with Crippen LogP contribution in [0.5, 0.6) is 0 Å². The first kappa shape index (κ1) is 17.0. The van der Waals surface area contributed by atoms with E-state index in [1.165, 1.54) is 5.56 Å². The van der Waals surface area contributed by atoms with Gasteiger partial charge in [0.15, 0.2) is 0 Å². The molecule has 0 saturated carbocycles. The first-order valence-corrected chi connectivity index (χ1v) is 8.62. The van der Waals surface area contributed by atoms with E-state index < -0.39 is 5.54 Å². The van der Waals surface area contributed by atoms with Gasteiger partial charge in [-0.2, -0.15) is 0 Å². The van der Waals surface area contributed by atoms with Crippen LogP contribution in [-0.2, 0) is 4.79 Å². The summed E-state index contributed by atoms with van der Waals surface area (Å²) in [7, 11) is 0. The number of hydrogen-bond acceptors (Lipinski definition) is 2. The summed E-state index contributed by atoms with van der Waals surface area (Å²) in [6, 6.07) is 10.7. The molecule has 0 bridgehead atoms. The normalized spacial score (nSPS) is 24.8. The largest absolute Gasteiger partial charge is 0.341 e. The third-order valence-corrected chi connectivity index (χ3v) is 5.03. The van der Waals surface area contributed by atoms with E-state index in [1.54, 1.807) is 0 Å². The molecule has 0 spiro atoms. The molecule has 1 heterocycles. The van der Waals surface area contributed by atoms with Crippen LogP contribution in [0.25, 0.3) is 0 Å². The van der Waals surface area contributed by atoms with Crippen molar-refractivity contribution in [3.63, 3.8) is 0 Å². The Morgan fingerprint density at radius 1 is 1.32 bits per heavy atom. The lowest BCUT2D eigenvalue weighted by atomic mass is 9.78. The molecule has 2 rings (SSSR count). The lowest BCUT2D eigenvalue weighted by Crippen LogP contribution is -2.56. The monoisotopic (exact) mass is 302 g/mol. The van der Waals surface area contributed by atoms with Gasteiger partial charge in [-0.3, -0.25) is 4.79 Å². The third kappa shape index (κ3) is 3.70. The summed E-state index contributed by atoms with van der Waals surface area (Å²) in [5, 5.41) is 0. The van der Waals surface area contributed by atoms with E-state index in [0.29, 0.717) is 11.8 Å². The van der Waals surface area contributed by atoms with Gasteiger partial charge in [-0.05, 0) is 37.2 Å². The summed E-state index contributed by atoms with van der Waals surface area (Å²) >= 11 is 0. The Morgan fingerprint density at radius 2 is 2.00 bits per heavy atom. The van der Waals surface area contributed by atoms with Crippen LogP contribution in [0, 0.1) is 5.92 Å². The second-order valence-electron chi connectivity index (χ2n) is 6.89. The van der Waals surface area contributed by atoms with Gasteiger partial charge in [0.2, 0.25) is 5.91 Å². The Hall–Kier alpha value is -1.35. The Bertz CT molecular complexity index is 483. The van der Waals surface area contributed by atoms with Crippen LogP contribution in [0.3, 0.4) is 0 Å². The van der Waals surface area contributed by atoms with Gasteiger partial charge in [-0.25, -0.2) is 0 Å². The van der Waals surface area contributed by atoms with Gasteiger partial charge in [-0.15, -0.1) is 0 Å². The Kier molecular flexibility index (Phi) is 5.63. The van der Waals surface area contributed by atoms with Crippen LogP contribution >= 0.6 is 0 Å². The molecule has 3 nitrogen and oxygen atoms in total. The SMILES string of the molecule is CCCC(C)(N)C(=O)N1CCC(c2ccccc2)C(CC)C1. The molecule has 1 aromatic carbocycles. The van der Waals surface area contributed by atoms with Gasteiger partial charge >= 0.3 is 0 Å². The molecular formula is C19H30N2O. The fraction of sp³-hybridized carbons (Fsp3) is 0.632. The van der Waals surface area contributed by atoms with Gasteiger partial charge in [0.1, 0.15) is 0 Å². The van der Waals surface area contributed by atoms with Crippen molar-refractivity contribution in [3.8, 4) is 0 Å². The zero-order valence-corrected chi connectivity index (χ0v) is 14.2. The van der Waals surface area contributed by atoms with Crippen LogP contribution in [0.1, 0.15) is 57.9 Å². The van der Waals surface area contributed by atoms with Gasteiger partial charge in [0.25, 0.3) is 0 Å². The van der Waals surface area contributed by atoms with Crippen molar-refractivity contribution in [1.29, 1.82) is 0 Å². The molecule has 1 aromatic rings. The molecule has 0 aliphatic carbocycles.